The van der Waals surface area contributed by atoms with Gasteiger partial charge in [0.25, 0.3) is 12.1 Å². The zero-order valence-corrected chi connectivity index (χ0v) is 14.9. The summed E-state index contributed by atoms with van der Waals surface area (Å²) in [4.78, 5) is 9.17. The Hall–Kier alpha value is -2.41. The first kappa shape index (κ1) is 29.6. The molecule has 0 amide bonds. The van der Waals surface area contributed by atoms with Gasteiger partial charge >= 0.3 is 11.4 Å². The molecule has 24 heavy (non-hydrogen) atoms. The molecule has 0 saturated heterocycles. The lowest BCUT2D eigenvalue weighted by molar-refractivity contribution is -0.107. The summed E-state index contributed by atoms with van der Waals surface area (Å²) in [5.74, 6) is 3.89. The quantitative estimate of drug-likeness (QED) is 0.554. The van der Waals surface area contributed by atoms with Crippen LogP contribution in [0.3, 0.4) is 0 Å². The Balaban J connectivity index is -0.000000112. The number of carbonyl (C=O) groups excluding carboxylic acids is 1. The zero-order valence-electron chi connectivity index (χ0n) is 14.1. The van der Waals surface area contributed by atoms with Crippen molar-refractivity contribution in [3.05, 3.63) is 20.4 Å². The molecular weight excluding hydrogens is 344 g/mol. The number of hydrogen-bond acceptors (Lipinski definition) is 9. The first-order valence-electron chi connectivity index (χ1n) is 6.71. The maximum absolute atomic E-state index is 10.2. The summed E-state index contributed by atoms with van der Waals surface area (Å²) >= 11 is -1.66. The second-order valence-electron chi connectivity index (χ2n) is 2.98. The number of aldehydes is 1. The third-order valence-corrected chi connectivity index (χ3v) is 1.80. The number of rotatable bonds is 2. The Bertz CT molecular complexity index is 418. The molecule has 0 radical (unpaired) electrons. The Morgan fingerprint density at radius 2 is 1.62 bits per heavy atom. The molecule has 140 valence electrons. The fourth-order valence-electron chi connectivity index (χ4n) is 0.434. The first-order valence-corrected chi connectivity index (χ1v) is 7.71. The first-order chi connectivity index (χ1) is 11.6. The van der Waals surface area contributed by atoms with Crippen molar-refractivity contribution in [3.8, 4) is 12.1 Å². The van der Waals surface area contributed by atoms with E-state index in [0.29, 0.717) is 31.6 Å². The number of nitrogens with two attached hydrogens (primary N) is 1. The molecule has 3 N–H and O–H groups in total. The molecule has 1 aliphatic heterocycles. The number of hydrogen-bond donors (Lipinski definition) is 2. The van der Waals surface area contributed by atoms with Crippen molar-refractivity contribution in [3.63, 3.8) is 0 Å². The lowest BCUT2D eigenvalue weighted by Crippen LogP contribution is -1.95. The maximum atomic E-state index is 10.2. The minimum Gasteiger partial charge on any atom is -0.498 e. The predicted molar refractivity (Wildman–Crippen MR) is 92.2 cm³/mol. The van der Waals surface area contributed by atoms with Crippen molar-refractivity contribution in [2.24, 2.45) is 11.1 Å². The molecule has 0 spiro atoms. The summed E-state index contributed by atoms with van der Waals surface area (Å²) < 4.78 is 18.9. The average molecular weight is 368 g/mol. The average Bonchev–Trinajstić information content (AvgIpc) is 3.05. The van der Waals surface area contributed by atoms with E-state index in [1.54, 1.807) is 13.8 Å². The molecule has 12 heteroatoms. The van der Waals surface area contributed by atoms with E-state index in [2.05, 4.69) is 41.7 Å². The van der Waals surface area contributed by atoms with Crippen LogP contribution in [0.1, 0.15) is 53.4 Å². The van der Waals surface area contributed by atoms with Crippen LogP contribution >= 0.6 is 0 Å². The van der Waals surface area contributed by atoms with E-state index in [1.165, 1.54) is 0 Å². The topological polar surface area (TPSA) is 166 Å². The van der Waals surface area contributed by atoms with E-state index in [-0.39, 0.29) is 0 Å². The Morgan fingerprint density at radius 1 is 1.21 bits per heavy atom. The normalized spacial score (nSPS) is 12.1. The molecule has 1 heterocycles. The Morgan fingerprint density at radius 3 is 1.71 bits per heavy atom. The molecule has 1 rings (SSSR count). The molecule has 0 aromatic heterocycles. The van der Waals surface area contributed by atoms with E-state index in [1.807, 2.05) is 13.8 Å². The summed E-state index contributed by atoms with van der Waals surface area (Å²) in [6.07, 6.45) is 3.36. The second kappa shape index (κ2) is 32.5. The minimum atomic E-state index is -1.66. The van der Waals surface area contributed by atoms with Gasteiger partial charge in [-0.3, -0.25) is 4.28 Å². The fraction of sp³-hybridized carbons (Fsp3) is 0.667. The van der Waals surface area contributed by atoms with Crippen molar-refractivity contribution >= 4 is 23.5 Å². The van der Waals surface area contributed by atoms with Crippen LogP contribution in [-0.2, 0) is 24.6 Å². The molecule has 0 aliphatic carbocycles. The van der Waals surface area contributed by atoms with Gasteiger partial charge in [-0.15, -0.1) is 0 Å². The summed E-state index contributed by atoms with van der Waals surface area (Å²) in [6.45, 7) is 7.26. The van der Waals surface area contributed by atoms with Gasteiger partial charge in [0.15, 0.2) is 0 Å². The van der Waals surface area contributed by atoms with Gasteiger partial charge in [-0.1, -0.05) is 13.8 Å². The number of nitrogens with zero attached hydrogens (tertiary/aromatic N) is 3. The van der Waals surface area contributed by atoms with Gasteiger partial charge < -0.3 is 24.6 Å². The third kappa shape index (κ3) is 36.7. The van der Waals surface area contributed by atoms with Gasteiger partial charge in [0.2, 0.25) is 5.90 Å². The standard InChI is InChI=1S/C3H5NO3S.2C3H5NO.C3H6O.H3NO/c1-2-3-4-7-8(5)6-3;2*1-2-3-4-5;1-2-3-4;1-2/h2H2,1H3;2*2H2,1H3;3H,2H2,1H3;2H,1H2. The van der Waals surface area contributed by atoms with Crippen molar-refractivity contribution in [1.29, 1.82) is 0 Å². The van der Waals surface area contributed by atoms with Crippen LogP contribution in [-0.4, -0.2) is 21.6 Å². The van der Waals surface area contributed by atoms with Crippen molar-refractivity contribution in [1.82, 2.24) is 0 Å². The highest BCUT2D eigenvalue weighted by atomic mass is 32.2. The lowest BCUT2D eigenvalue weighted by atomic mass is 10.5. The molecule has 0 aromatic carbocycles. The van der Waals surface area contributed by atoms with Gasteiger partial charge in [-0.2, -0.15) is 4.21 Å². The molecule has 1 aliphatic rings. The van der Waals surface area contributed by atoms with Gasteiger partial charge in [0.05, 0.1) is 12.8 Å². The molecule has 0 fully saturated rings. The number of carbonyl (C=O) groups is 1. The van der Waals surface area contributed by atoms with Crippen molar-refractivity contribution in [2.45, 2.75) is 53.4 Å². The van der Waals surface area contributed by atoms with Gasteiger partial charge in [-0.05, 0) is 19.0 Å². The summed E-state index contributed by atoms with van der Waals surface area (Å²) in [7, 11) is 0. The van der Waals surface area contributed by atoms with Crippen LogP contribution in [0.5, 0.6) is 0 Å². The minimum absolute atomic E-state index is 0.392. The van der Waals surface area contributed by atoms with Gasteiger partial charge in [0, 0.05) is 22.9 Å². The molecule has 0 aromatic rings. The molecule has 0 bridgehead atoms. The lowest BCUT2D eigenvalue weighted by Gasteiger charge is -1.84. The zero-order chi connectivity index (χ0) is 19.6. The van der Waals surface area contributed by atoms with Gasteiger partial charge in [0.1, 0.15) is 6.29 Å². The maximum Gasteiger partial charge on any atom is 0.440 e. The molecule has 1 atom stereocenters. The predicted octanol–water partition coefficient (Wildman–Crippen LogP) is 2.72. The largest absolute Gasteiger partial charge is 0.498 e. The van der Waals surface area contributed by atoms with E-state index in [0.717, 1.165) is 6.29 Å². The van der Waals surface area contributed by atoms with Crippen LogP contribution in [0.4, 0.5) is 0 Å². The SMILES string of the molecule is CCC#[N+][O-].CCC#[N+][O-].CCC1=NOS(=O)O1.CCC=O.NO. The molecular formula is C12H24N4O7S. The van der Waals surface area contributed by atoms with Crippen LogP contribution in [0.25, 0.3) is 10.0 Å². The molecule has 1 unspecified atom stereocenters. The summed E-state index contributed by atoms with van der Waals surface area (Å²) in [5.41, 5.74) is 0. The van der Waals surface area contributed by atoms with Crippen LogP contribution < -0.4 is 5.90 Å². The smallest absolute Gasteiger partial charge is 0.440 e. The highest BCUT2D eigenvalue weighted by molar-refractivity contribution is 7.75. The fourth-order valence-corrected chi connectivity index (χ4v) is 0.913. The Labute approximate surface area is 144 Å². The molecule has 11 nitrogen and oxygen atoms in total. The van der Waals surface area contributed by atoms with E-state index >= 15 is 0 Å². The number of oxime groups is 1. The van der Waals surface area contributed by atoms with E-state index in [4.69, 9.17) is 15.6 Å². The van der Waals surface area contributed by atoms with E-state index < -0.39 is 11.4 Å². The Kier molecular flexibility index (Phi) is 40.1. The molecule has 0 saturated carbocycles. The third-order valence-electron chi connectivity index (χ3n) is 1.28. The van der Waals surface area contributed by atoms with Crippen molar-refractivity contribution < 1.29 is 22.7 Å². The second-order valence-corrected chi connectivity index (χ2v) is 3.71. The van der Waals surface area contributed by atoms with Crippen LogP contribution in [0.15, 0.2) is 5.16 Å². The monoisotopic (exact) mass is 368 g/mol. The highest BCUT2D eigenvalue weighted by Gasteiger charge is 2.14. The van der Waals surface area contributed by atoms with Crippen LogP contribution in [0, 0.1) is 22.6 Å². The van der Waals surface area contributed by atoms with Gasteiger partial charge in [-0.25, -0.2) is 5.90 Å². The van der Waals surface area contributed by atoms with Crippen LogP contribution in [0.2, 0.25) is 0 Å². The highest BCUT2D eigenvalue weighted by Crippen LogP contribution is 2.04. The summed E-state index contributed by atoms with van der Waals surface area (Å²) in [6, 6.07) is 4.36. The van der Waals surface area contributed by atoms with E-state index in [9.17, 15) is 9.00 Å². The summed E-state index contributed by atoms with van der Waals surface area (Å²) in [5, 5.41) is 32.6. The van der Waals surface area contributed by atoms with Crippen molar-refractivity contribution in [2.75, 3.05) is 0 Å².